The molecule has 1 aliphatic heterocycles. The van der Waals surface area contributed by atoms with Crippen LogP contribution in [0.1, 0.15) is 53.9 Å². The van der Waals surface area contributed by atoms with Crippen LogP contribution >= 0.6 is 0 Å². The molecule has 1 N–H and O–H groups in total. The number of ether oxygens (including phenoxy) is 1. The first-order valence-corrected chi connectivity index (χ1v) is 6.44. The molecule has 0 bridgehead atoms. The van der Waals surface area contributed by atoms with E-state index in [1.807, 2.05) is 0 Å². The van der Waals surface area contributed by atoms with E-state index < -0.39 is 0 Å². The topological polar surface area (TPSA) is 21.3 Å². The lowest BCUT2D eigenvalue weighted by atomic mass is 9.95. The number of rotatable bonds is 4. The van der Waals surface area contributed by atoms with Crippen LogP contribution in [0.4, 0.5) is 0 Å². The number of hydrogen-bond acceptors (Lipinski definition) is 2. The summed E-state index contributed by atoms with van der Waals surface area (Å²) in [7, 11) is 0. The molecule has 15 heavy (non-hydrogen) atoms. The van der Waals surface area contributed by atoms with Gasteiger partial charge in [0.1, 0.15) is 0 Å². The van der Waals surface area contributed by atoms with Gasteiger partial charge < -0.3 is 10.1 Å². The molecule has 0 radical (unpaired) electrons. The Kier molecular flexibility index (Phi) is 5.07. The highest BCUT2D eigenvalue weighted by atomic mass is 16.5. The second kappa shape index (κ2) is 5.86. The lowest BCUT2D eigenvalue weighted by Gasteiger charge is -2.36. The average molecular weight is 213 g/mol. The SMILES string of the molecule is CCC(NC1CC(C)OC(C)C1)C(C)C. The van der Waals surface area contributed by atoms with E-state index in [9.17, 15) is 0 Å². The molecule has 90 valence electrons. The van der Waals surface area contributed by atoms with Crippen LogP contribution in [0.2, 0.25) is 0 Å². The van der Waals surface area contributed by atoms with E-state index in [4.69, 9.17) is 4.74 Å². The molecule has 0 spiro atoms. The standard InChI is InChI=1S/C13H27NO/c1-6-13(9(2)3)14-12-7-10(4)15-11(5)8-12/h9-14H,6-8H2,1-5H3. The summed E-state index contributed by atoms with van der Waals surface area (Å²) >= 11 is 0. The molecule has 0 aromatic rings. The molecule has 1 heterocycles. The zero-order valence-corrected chi connectivity index (χ0v) is 10.9. The molecule has 1 rings (SSSR count). The Balaban J connectivity index is 2.42. The summed E-state index contributed by atoms with van der Waals surface area (Å²) < 4.78 is 5.75. The molecule has 2 nitrogen and oxygen atoms in total. The van der Waals surface area contributed by atoms with Gasteiger partial charge in [-0.25, -0.2) is 0 Å². The Bertz CT molecular complexity index is 171. The fourth-order valence-electron chi connectivity index (χ4n) is 2.63. The lowest BCUT2D eigenvalue weighted by molar-refractivity contribution is -0.0443. The van der Waals surface area contributed by atoms with E-state index in [1.54, 1.807) is 0 Å². The van der Waals surface area contributed by atoms with Crippen molar-refractivity contribution in [2.75, 3.05) is 0 Å². The third-order valence-electron chi connectivity index (χ3n) is 3.39. The molecule has 1 fully saturated rings. The Morgan fingerprint density at radius 2 is 1.73 bits per heavy atom. The van der Waals surface area contributed by atoms with Gasteiger partial charge in [-0.2, -0.15) is 0 Å². The van der Waals surface area contributed by atoms with E-state index in [0.717, 1.165) is 18.8 Å². The summed E-state index contributed by atoms with van der Waals surface area (Å²) in [6.45, 7) is 11.2. The van der Waals surface area contributed by atoms with Gasteiger partial charge in [0.25, 0.3) is 0 Å². The normalized spacial score (nSPS) is 34.4. The molecule has 0 amide bonds. The Labute approximate surface area is 94.8 Å². The third-order valence-corrected chi connectivity index (χ3v) is 3.39. The van der Waals surface area contributed by atoms with Crippen molar-refractivity contribution in [1.29, 1.82) is 0 Å². The minimum Gasteiger partial charge on any atom is -0.375 e. The smallest absolute Gasteiger partial charge is 0.0565 e. The van der Waals surface area contributed by atoms with Crippen molar-refractivity contribution in [1.82, 2.24) is 5.32 Å². The first-order chi connectivity index (χ1) is 7.02. The third kappa shape index (κ3) is 4.12. The van der Waals surface area contributed by atoms with Crippen molar-refractivity contribution in [3.8, 4) is 0 Å². The summed E-state index contributed by atoms with van der Waals surface area (Å²) in [6, 6.07) is 1.31. The van der Waals surface area contributed by atoms with Crippen LogP contribution < -0.4 is 5.32 Å². The highest BCUT2D eigenvalue weighted by Gasteiger charge is 2.26. The minimum absolute atomic E-state index is 0.413. The van der Waals surface area contributed by atoms with Gasteiger partial charge in [-0.1, -0.05) is 20.8 Å². The summed E-state index contributed by atoms with van der Waals surface area (Å²) in [5.41, 5.74) is 0. The van der Waals surface area contributed by atoms with Crippen LogP contribution in [0.5, 0.6) is 0 Å². The molecular formula is C13H27NO. The summed E-state index contributed by atoms with van der Waals surface area (Å²) in [4.78, 5) is 0. The molecule has 1 aliphatic rings. The van der Waals surface area contributed by atoms with Crippen molar-refractivity contribution in [3.63, 3.8) is 0 Å². The molecule has 0 aromatic carbocycles. The molecule has 1 saturated heterocycles. The van der Waals surface area contributed by atoms with E-state index in [1.165, 1.54) is 6.42 Å². The second-order valence-electron chi connectivity index (χ2n) is 5.35. The molecule has 0 aromatic heterocycles. The first-order valence-electron chi connectivity index (χ1n) is 6.44. The fourth-order valence-corrected chi connectivity index (χ4v) is 2.63. The predicted molar refractivity (Wildman–Crippen MR) is 65.1 cm³/mol. The zero-order chi connectivity index (χ0) is 11.4. The van der Waals surface area contributed by atoms with Crippen molar-refractivity contribution in [3.05, 3.63) is 0 Å². The average Bonchev–Trinajstić information content (AvgIpc) is 2.12. The highest BCUT2D eigenvalue weighted by molar-refractivity contribution is 4.82. The molecule has 0 saturated carbocycles. The molecule has 0 aliphatic carbocycles. The van der Waals surface area contributed by atoms with Gasteiger partial charge in [0.15, 0.2) is 0 Å². The van der Waals surface area contributed by atoms with Crippen LogP contribution in [-0.2, 0) is 4.74 Å². The maximum atomic E-state index is 5.75. The van der Waals surface area contributed by atoms with Crippen LogP contribution in [0.15, 0.2) is 0 Å². The van der Waals surface area contributed by atoms with Gasteiger partial charge >= 0.3 is 0 Å². The number of nitrogens with one attached hydrogen (secondary N) is 1. The Morgan fingerprint density at radius 1 is 1.20 bits per heavy atom. The van der Waals surface area contributed by atoms with Crippen LogP contribution in [0.25, 0.3) is 0 Å². The Hall–Kier alpha value is -0.0800. The van der Waals surface area contributed by atoms with Crippen molar-refractivity contribution < 1.29 is 4.74 Å². The summed E-state index contributed by atoms with van der Waals surface area (Å²) in [6.07, 6.45) is 4.37. The summed E-state index contributed by atoms with van der Waals surface area (Å²) in [5, 5.41) is 3.79. The maximum Gasteiger partial charge on any atom is 0.0565 e. The van der Waals surface area contributed by atoms with Crippen molar-refractivity contribution in [2.24, 2.45) is 5.92 Å². The minimum atomic E-state index is 0.413. The van der Waals surface area contributed by atoms with Gasteiger partial charge in [-0.05, 0) is 39.0 Å². The Morgan fingerprint density at radius 3 is 2.13 bits per heavy atom. The van der Waals surface area contributed by atoms with E-state index in [2.05, 4.69) is 39.9 Å². The van der Waals surface area contributed by atoms with Gasteiger partial charge in [-0.15, -0.1) is 0 Å². The predicted octanol–water partition coefficient (Wildman–Crippen LogP) is 2.97. The fraction of sp³-hybridized carbons (Fsp3) is 1.00. The molecule has 2 heteroatoms. The summed E-state index contributed by atoms with van der Waals surface area (Å²) in [5.74, 6) is 0.725. The second-order valence-corrected chi connectivity index (χ2v) is 5.35. The largest absolute Gasteiger partial charge is 0.375 e. The van der Waals surface area contributed by atoms with Crippen molar-refractivity contribution >= 4 is 0 Å². The number of hydrogen-bond donors (Lipinski definition) is 1. The van der Waals surface area contributed by atoms with Crippen LogP contribution in [0, 0.1) is 5.92 Å². The highest BCUT2D eigenvalue weighted by Crippen LogP contribution is 2.20. The van der Waals surface area contributed by atoms with E-state index in [0.29, 0.717) is 24.3 Å². The molecule has 3 atom stereocenters. The van der Waals surface area contributed by atoms with Gasteiger partial charge in [-0.3, -0.25) is 0 Å². The lowest BCUT2D eigenvalue weighted by Crippen LogP contribution is -2.47. The zero-order valence-electron chi connectivity index (χ0n) is 10.9. The van der Waals surface area contributed by atoms with Gasteiger partial charge in [0.05, 0.1) is 12.2 Å². The van der Waals surface area contributed by atoms with Gasteiger partial charge in [0, 0.05) is 12.1 Å². The molecular weight excluding hydrogens is 186 g/mol. The van der Waals surface area contributed by atoms with E-state index in [-0.39, 0.29) is 0 Å². The first kappa shape index (κ1) is 13.0. The van der Waals surface area contributed by atoms with E-state index >= 15 is 0 Å². The quantitative estimate of drug-likeness (QED) is 0.775. The van der Waals surface area contributed by atoms with Crippen LogP contribution in [0.3, 0.4) is 0 Å². The van der Waals surface area contributed by atoms with Crippen LogP contribution in [-0.4, -0.2) is 24.3 Å². The monoisotopic (exact) mass is 213 g/mol. The molecule has 3 unspecified atom stereocenters. The van der Waals surface area contributed by atoms with Crippen molar-refractivity contribution in [2.45, 2.75) is 78.2 Å². The van der Waals surface area contributed by atoms with Gasteiger partial charge in [0.2, 0.25) is 0 Å². The maximum absolute atomic E-state index is 5.75.